The van der Waals surface area contributed by atoms with Crippen molar-refractivity contribution in [3.05, 3.63) is 12.2 Å². The van der Waals surface area contributed by atoms with Gasteiger partial charge in [0.1, 0.15) is 0 Å². The Balaban J connectivity index is 1.69. The summed E-state index contributed by atoms with van der Waals surface area (Å²) in [6.07, 6.45) is 14.1. The molecule has 0 heterocycles. The molecule has 3 fully saturated rings. The van der Waals surface area contributed by atoms with E-state index in [9.17, 15) is 10.2 Å². The van der Waals surface area contributed by atoms with Crippen LogP contribution >= 0.6 is 0 Å². The Morgan fingerprint density at radius 2 is 1.90 bits per heavy atom. The van der Waals surface area contributed by atoms with Crippen LogP contribution in [0.2, 0.25) is 0 Å². The second-order valence-corrected chi connectivity index (χ2v) is 8.56. The van der Waals surface area contributed by atoms with Crippen LogP contribution < -0.4 is 0 Å². The van der Waals surface area contributed by atoms with Crippen molar-refractivity contribution < 1.29 is 10.2 Å². The molecule has 2 nitrogen and oxygen atoms in total. The molecule has 7 atom stereocenters. The first kappa shape index (κ1) is 14.3. The second kappa shape index (κ2) is 4.83. The van der Waals surface area contributed by atoms with Crippen LogP contribution in [0, 0.1) is 34.5 Å². The first-order valence-electron chi connectivity index (χ1n) is 9.07. The zero-order valence-electron chi connectivity index (χ0n) is 13.3. The maximum atomic E-state index is 10.5. The predicted molar refractivity (Wildman–Crippen MR) is 83.7 cm³/mol. The lowest BCUT2D eigenvalue weighted by Crippen LogP contribution is -2.55. The second-order valence-electron chi connectivity index (χ2n) is 8.56. The quantitative estimate of drug-likeness (QED) is 0.725. The van der Waals surface area contributed by atoms with Crippen molar-refractivity contribution in [3.63, 3.8) is 0 Å². The highest BCUT2D eigenvalue weighted by Gasteiger charge is 2.60. The van der Waals surface area contributed by atoms with Crippen LogP contribution in [-0.4, -0.2) is 22.9 Å². The molecule has 2 N–H and O–H groups in total. The average Bonchev–Trinajstić information content (AvgIpc) is 2.82. The molecule has 0 aliphatic heterocycles. The smallest absolute Gasteiger partial charge is 0.0596 e. The van der Waals surface area contributed by atoms with Gasteiger partial charge in [-0.15, -0.1) is 0 Å². The molecule has 0 aromatic carbocycles. The first-order valence-corrected chi connectivity index (χ1v) is 9.07. The van der Waals surface area contributed by atoms with Crippen LogP contribution in [0.4, 0.5) is 0 Å². The molecule has 4 aliphatic carbocycles. The Morgan fingerprint density at radius 3 is 2.71 bits per heavy atom. The molecular weight excluding hydrogens is 260 g/mol. The van der Waals surface area contributed by atoms with Crippen molar-refractivity contribution in [2.24, 2.45) is 34.5 Å². The molecule has 118 valence electrons. The topological polar surface area (TPSA) is 40.5 Å². The van der Waals surface area contributed by atoms with Gasteiger partial charge in [0.2, 0.25) is 0 Å². The number of aliphatic hydroxyl groups excluding tert-OH is 2. The summed E-state index contributed by atoms with van der Waals surface area (Å²) in [5.41, 5.74) is 0.321. The average molecular weight is 290 g/mol. The normalized spacial score (nSPS) is 55.7. The largest absolute Gasteiger partial charge is 0.396 e. The number of rotatable bonds is 1. The first-order chi connectivity index (χ1) is 10.1. The summed E-state index contributed by atoms with van der Waals surface area (Å²) < 4.78 is 0. The van der Waals surface area contributed by atoms with E-state index in [1.54, 1.807) is 0 Å². The lowest BCUT2D eigenvalue weighted by Gasteiger charge is -2.59. The van der Waals surface area contributed by atoms with Crippen LogP contribution in [0.1, 0.15) is 58.3 Å². The van der Waals surface area contributed by atoms with Crippen molar-refractivity contribution in [3.8, 4) is 0 Å². The van der Waals surface area contributed by atoms with Crippen molar-refractivity contribution in [2.75, 3.05) is 6.61 Å². The zero-order valence-corrected chi connectivity index (χ0v) is 13.3. The van der Waals surface area contributed by atoms with E-state index in [0.29, 0.717) is 24.4 Å². The fourth-order valence-corrected chi connectivity index (χ4v) is 6.90. The van der Waals surface area contributed by atoms with Crippen LogP contribution in [0.5, 0.6) is 0 Å². The number of aliphatic hydroxyl groups is 2. The summed E-state index contributed by atoms with van der Waals surface area (Å²) in [5.74, 6) is 2.74. The van der Waals surface area contributed by atoms with Gasteiger partial charge < -0.3 is 10.2 Å². The maximum Gasteiger partial charge on any atom is 0.0596 e. The van der Waals surface area contributed by atoms with Gasteiger partial charge >= 0.3 is 0 Å². The predicted octanol–water partition coefficient (Wildman–Crippen LogP) is 3.53. The van der Waals surface area contributed by atoms with Crippen molar-refractivity contribution in [2.45, 2.75) is 64.4 Å². The van der Waals surface area contributed by atoms with E-state index >= 15 is 0 Å². The summed E-state index contributed by atoms with van der Waals surface area (Å²) in [5, 5.41) is 20.8. The van der Waals surface area contributed by atoms with Gasteiger partial charge in [-0.25, -0.2) is 0 Å². The molecule has 0 saturated heterocycles. The van der Waals surface area contributed by atoms with Crippen LogP contribution in [0.3, 0.4) is 0 Å². The van der Waals surface area contributed by atoms with Gasteiger partial charge in [0.25, 0.3) is 0 Å². The zero-order chi connectivity index (χ0) is 14.7. The van der Waals surface area contributed by atoms with Crippen LogP contribution in [0.25, 0.3) is 0 Å². The molecule has 0 radical (unpaired) electrons. The lowest BCUT2D eigenvalue weighted by atomic mass is 9.46. The fourth-order valence-electron chi connectivity index (χ4n) is 6.90. The minimum Gasteiger partial charge on any atom is -0.396 e. The molecule has 0 amide bonds. The highest BCUT2D eigenvalue weighted by Crippen LogP contribution is 2.65. The highest BCUT2D eigenvalue weighted by atomic mass is 16.3. The van der Waals surface area contributed by atoms with Gasteiger partial charge in [0.05, 0.1) is 6.10 Å². The fraction of sp³-hybridized carbons (Fsp3) is 0.895. The summed E-state index contributed by atoms with van der Waals surface area (Å²) >= 11 is 0. The summed E-state index contributed by atoms with van der Waals surface area (Å²) in [6.45, 7) is 2.71. The molecule has 0 aromatic rings. The van der Waals surface area contributed by atoms with Crippen LogP contribution in [-0.2, 0) is 0 Å². The SMILES string of the molecule is C[C@]12CC[C@H]3[C@@H](CC[C@H]4C=CCC[C@@]43CO)[C@@H]1CC[C@@H]2O. The molecule has 3 saturated carbocycles. The van der Waals surface area contributed by atoms with Crippen molar-refractivity contribution in [1.29, 1.82) is 0 Å². The summed E-state index contributed by atoms with van der Waals surface area (Å²) in [7, 11) is 0. The van der Waals surface area contributed by atoms with Crippen LogP contribution in [0.15, 0.2) is 12.2 Å². The Morgan fingerprint density at radius 1 is 1.05 bits per heavy atom. The molecule has 4 aliphatic rings. The van der Waals surface area contributed by atoms with E-state index < -0.39 is 0 Å². The molecule has 0 spiro atoms. The molecule has 0 unspecified atom stereocenters. The summed E-state index contributed by atoms with van der Waals surface area (Å²) in [6, 6.07) is 0. The third-order valence-corrected chi connectivity index (χ3v) is 8.11. The van der Waals surface area contributed by atoms with E-state index in [0.717, 1.165) is 25.2 Å². The molecule has 21 heavy (non-hydrogen) atoms. The maximum absolute atomic E-state index is 10.5. The third-order valence-electron chi connectivity index (χ3n) is 8.11. The number of hydrogen-bond acceptors (Lipinski definition) is 2. The van der Waals surface area contributed by atoms with Gasteiger partial charge in [0.15, 0.2) is 0 Å². The number of allylic oxidation sites excluding steroid dienone is 2. The molecule has 0 aromatic heterocycles. The monoisotopic (exact) mass is 290 g/mol. The van der Waals surface area contributed by atoms with Gasteiger partial charge in [-0.05, 0) is 80.5 Å². The van der Waals surface area contributed by atoms with Crippen molar-refractivity contribution >= 4 is 0 Å². The van der Waals surface area contributed by atoms with Gasteiger partial charge in [-0.2, -0.15) is 0 Å². The summed E-state index contributed by atoms with van der Waals surface area (Å²) in [4.78, 5) is 0. The van der Waals surface area contributed by atoms with Gasteiger partial charge in [0, 0.05) is 12.0 Å². The van der Waals surface area contributed by atoms with E-state index in [1.807, 2.05) is 0 Å². The Bertz CT molecular complexity index is 445. The van der Waals surface area contributed by atoms with E-state index in [-0.39, 0.29) is 16.9 Å². The number of fused-ring (bicyclic) bond motifs is 5. The molecule has 4 rings (SSSR count). The highest BCUT2D eigenvalue weighted by molar-refractivity contribution is 5.14. The Labute approximate surface area is 128 Å². The Hall–Kier alpha value is -0.340. The van der Waals surface area contributed by atoms with Gasteiger partial charge in [-0.1, -0.05) is 19.1 Å². The van der Waals surface area contributed by atoms with Crippen molar-refractivity contribution in [1.82, 2.24) is 0 Å². The molecular formula is C19H30O2. The van der Waals surface area contributed by atoms with E-state index in [1.165, 1.54) is 32.1 Å². The number of hydrogen-bond donors (Lipinski definition) is 2. The molecule has 2 heteroatoms. The lowest BCUT2D eigenvalue weighted by molar-refractivity contribution is -0.127. The van der Waals surface area contributed by atoms with E-state index in [2.05, 4.69) is 19.1 Å². The van der Waals surface area contributed by atoms with E-state index in [4.69, 9.17) is 0 Å². The third kappa shape index (κ3) is 1.78. The minimum atomic E-state index is -0.0856. The van der Waals surface area contributed by atoms with Gasteiger partial charge in [-0.3, -0.25) is 0 Å². The Kier molecular flexibility index (Phi) is 3.28. The standard InChI is InChI=1S/C19H30O2/c1-18-11-9-16-14(15(18)7-8-17(18)21)6-5-13-4-2-3-10-19(13,16)12-20/h2,4,13-17,20-21H,3,5-12H2,1H3/t13-,14+,15+,16+,17+,18+,19-/m1/s1. The minimum absolute atomic E-state index is 0.0856. The molecule has 0 bridgehead atoms.